The Morgan fingerprint density at radius 3 is 2.53 bits per heavy atom. The molecule has 0 amide bonds. The van der Waals surface area contributed by atoms with Gasteiger partial charge in [0.1, 0.15) is 4.90 Å². The largest absolute Gasteiger partial charge is 0.326 e. The van der Waals surface area contributed by atoms with E-state index >= 15 is 0 Å². The van der Waals surface area contributed by atoms with Gasteiger partial charge < -0.3 is 5.73 Å². The summed E-state index contributed by atoms with van der Waals surface area (Å²) in [5.41, 5.74) is 5.93. The Kier molecular flexibility index (Phi) is 5.65. The van der Waals surface area contributed by atoms with Gasteiger partial charge in [-0.25, -0.2) is 8.42 Å². The Labute approximate surface area is 123 Å². The van der Waals surface area contributed by atoms with Crippen LogP contribution in [-0.2, 0) is 16.6 Å². The van der Waals surface area contributed by atoms with Gasteiger partial charge in [0.05, 0.1) is 11.6 Å². The molecule has 0 atom stereocenters. The van der Waals surface area contributed by atoms with Crippen molar-refractivity contribution >= 4 is 33.2 Å². The summed E-state index contributed by atoms with van der Waals surface area (Å²) in [6.07, 6.45) is 5.17. The lowest BCUT2D eigenvalue weighted by Crippen LogP contribution is -2.31. The van der Waals surface area contributed by atoms with Crippen LogP contribution in [0.4, 0.5) is 0 Å². The maximum Gasteiger partial charge on any atom is 0.245 e. The number of hydrogen-bond donors (Lipinski definition) is 1. The Hall–Kier alpha value is -0.770. The first-order valence-corrected chi connectivity index (χ1v) is 7.70. The quantitative estimate of drug-likeness (QED) is 0.845. The lowest BCUT2D eigenvalue weighted by Gasteiger charge is -2.19. The van der Waals surface area contributed by atoms with Gasteiger partial charge in [-0.05, 0) is 12.1 Å². The van der Waals surface area contributed by atoms with Crippen molar-refractivity contribution in [1.82, 2.24) is 4.31 Å². The summed E-state index contributed by atoms with van der Waals surface area (Å²) in [7, 11) is -3.75. The molecule has 0 spiro atoms. The molecule has 0 heterocycles. The van der Waals surface area contributed by atoms with Crippen LogP contribution in [0.15, 0.2) is 17.0 Å². The van der Waals surface area contributed by atoms with Crippen LogP contribution in [0.1, 0.15) is 12.5 Å². The molecule has 0 bridgehead atoms. The zero-order valence-electron chi connectivity index (χ0n) is 10.4. The first kappa shape index (κ1) is 16.3. The second-order valence-corrected chi connectivity index (χ2v) is 6.37. The van der Waals surface area contributed by atoms with Gasteiger partial charge in [0.15, 0.2) is 0 Å². The van der Waals surface area contributed by atoms with Gasteiger partial charge in [-0.3, -0.25) is 0 Å². The Balaban J connectivity index is 3.42. The van der Waals surface area contributed by atoms with E-state index < -0.39 is 10.0 Å². The molecule has 0 saturated heterocycles. The molecule has 0 fully saturated rings. The van der Waals surface area contributed by atoms with Crippen LogP contribution in [0.3, 0.4) is 0 Å². The fourth-order valence-corrected chi connectivity index (χ4v) is 3.84. The third-order valence-electron chi connectivity index (χ3n) is 2.59. The van der Waals surface area contributed by atoms with Crippen molar-refractivity contribution in [3.8, 4) is 12.3 Å². The fourth-order valence-electron chi connectivity index (χ4n) is 1.57. The summed E-state index contributed by atoms with van der Waals surface area (Å²) in [6, 6.07) is 2.82. The van der Waals surface area contributed by atoms with Gasteiger partial charge >= 0.3 is 0 Å². The van der Waals surface area contributed by atoms with E-state index in [0.29, 0.717) is 10.6 Å². The van der Waals surface area contributed by atoms with E-state index in [2.05, 4.69) is 5.92 Å². The minimum absolute atomic E-state index is 0.0181. The molecular weight excluding hydrogens is 307 g/mol. The first-order chi connectivity index (χ1) is 8.89. The topological polar surface area (TPSA) is 63.4 Å². The molecule has 19 heavy (non-hydrogen) atoms. The number of sulfonamides is 1. The van der Waals surface area contributed by atoms with Gasteiger partial charge in [0, 0.05) is 23.7 Å². The molecule has 0 saturated carbocycles. The van der Waals surface area contributed by atoms with Crippen molar-refractivity contribution in [2.45, 2.75) is 18.4 Å². The molecule has 4 nitrogen and oxygen atoms in total. The highest BCUT2D eigenvalue weighted by molar-refractivity contribution is 7.89. The maximum absolute atomic E-state index is 12.4. The molecule has 7 heteroatoms. The predicted molar refractivity (Wildman–Crippen MR) is 77.6 cm³/mol. The van der Waals surface area contributed by atoms with Crippen LogP contribution in [0.25, 0.3) is 0 Å². The normalized spacial score (nSPS) is 11.6. The second-order valence-electron chi connectivity index (χ2n) is 3.68. The molecule has 0 aliphatic rings. The van der Waals surface area contributed by atoms with Crippen LogP contribution in [0.2, 0.25) is 10.0 Å². The van der Waals surface area contributed by atoms with Crippen molar-refractivity contribution in [1.29, 1.82) is 0 Å². The zero-order chi connectivity index (χ0) is 14.6. The maximum atomic E-state index is 12.4. The Bertz CT molecular complexity index is 609. The number of benzene rings is 1. The summed E-state index contributed by atoms with van der Waals surface area (Å²) >= 11 is 12.0. The average molecular weight is 321 g/mol. The van der Waals surface area contributed by atoms with Crippen molar-refractivity contribution in [3.63, 3.8) is 0 Å². The Morgan fingerprint density at radius 1 is 1.42 bits per heavy atom. The highest BCUT2D eigenvalue weighted by Crippen LogP contribution is 2.32. The molecular formula is C12H14Cl2N2O2S. The highest BCUT2D eigenvalue weighted by atomic mass is 35.5. The summed E-state index contributed by atoms with van der Waals surface area (Å²) in [6.45, 7) is 1.99. The van der Waals surface area contributed by atoms with E-state index in [0.717, 1.165) is 4.31 Å². The summed E-state index contributed by atoms with van der Waals surface area (Å²) in [5.74, 6) is 2.31. The SMILES string of the molecule is C#CCN(CC)S(=O)(=O)c1ccc(Cl)c(CN)c1Cl. The Morgan fingerprint density at radius 2 is 2.05 bits per heavy atom. The number of nitrogens with zero attached hydrogens (tertiary/aromatic N) is 1. The second kappa shape index (κ2) is 6.60. The lowest BCUT2D eigenvalue weighted by atomic mass is 10.2. The number of halogens is 2. The van der Waals surface area contributed by atoms with Gasteiger partial charge in [0.2, 0.25) is 10.0 Å². The van der Waals surface area contributed by atoms with Crippen molar-refractivity contribution in [2.24, 2.45) is 5.73 Å². The molecule has 1 aromatic carbocycles. The van der Waals surface area contributed by atoms with Gasteiger partial charge in [-0.1, -0.05) is 36.0 Å². The van der Waals surface area contributed by atoms with E-state index in [1.807, 2.05) is 0 Å². The third kappa shape index (κ3) is 3.22. The predicted octanol–water partition coefficient (Wildman–Crippen LogP) is 2.10. The third-order valence-corrected chi connectivity index (χ3v) is 5.45. The molecule has 0 aliphatic carbocycles. The first-order valence-electron chi connectivity index (χ1n) is 5.50. The molecule has 2 N–H and O–H groups in total. The van der Waals surface area contributed by atoms with Gasteiger partial charge in [0.25, 0.3) is 0 Å². The van der Waals surface area contributed by atoms with E-state index in [4.69, 9.17) is 35.4 Å². The number of rotatable bonds is 5. The average Bonchev–Trinajstić information content (AvgIpc) is 2.35. The fraction of sp³-hybridized carbons (Fsp3) is 0.333. The smallest absolute Gasteiger partial charge is 0.245 e. The monoisotopic (exact) mass is 320 g/mol. The van der Waals surface area contributed by atoms with Crippen LogP contribution in [0, 0.1) is 12.3 Å². The minimum atomic E-state index is -3.75. The molecule has 0 radical (unpaired) electrons. The molecule has 0 aliphatic heterocycles. The standard InChI is InChI=1S/C12H14Cl2N2O2S/c1-3-7-16(4-2)19(17,18)11-6-5-10(13)9(8-15)12(11)14/h1,5-6H,4,7-8,15H2,2H3. The number of terminal acetylenes is 1. The van der Waals surface area contributed by atoms with E-state index in [1.54, 1.807) is 6.92 Å². The molecule has 1 rings (SSSR count). The van der Waals surface area contributed by atoms with Crippen molar-refractivity contribution in [3.05, 3.63) is 27.7 Å². The van der Waals surface area contributed by atoms with Gasteiger partial charge in [-0.2, -0.15) is 4.31 Å². The van der Waals surface area contributed by atoms with Crippen LogP contribution in [0.5, 0.6) is 0 Å². The number of nitrogens with two attached hydrogens (primary N) is 1. The van der Waals surface area contributed by atoms with E-state index in [9.17, 15) is 8.42 Å². The van der Waals surface area contributed by atoms with Crippen LogP contribution in [-0.4, -0.2) is 25.8 Å². The van der Waals surface area contributed by atoms with E-state index in [1.165, 1.54) is 12.1 Å². The summed E-state index contributed by atoms with van der Waals surface area (Å²) in [5, 5.41) is 0.386. The summed E-state index contributed by atoms with van der Waals surface area (Å²) in [4.78, 5) is -0.0314. The van der Waals surface area contributed by atoms with Crippen LogP contribution >= 0.6 is 23.2 Å². The van der Waals surface area contributed by atoms with Crippen LogP contribution < -0.4 is 5.73 Å². The number of hydrogen-bond acceptors (Lipinski definition) is 3. The summed E-state index contributed by atoms with van der Waals surface area (Å²) < 4.78 is 26.0. The molecule has 0 aromatic heterocycles. The lowest BCUT2D eigenvalue weighted by molar-refractivity contribution is 0.464. The molecule has 0 unspecified atom stereocenters. The highest BCUT2D eigenvalue weighted by Gasteiger charge is 2.26. The van der Waals surface area contributed by atoms with Crippen molar-refractivity contribution in [2.75, 3.05) is 13.1 Å². The molecule has 104 valence electrons. The minimum Gasteiger partial charge on any atom is -0.326 e. The van der Waals surface area contributed by atoms with Gasteiger partial charge in [-0.15, -0.1) is 6.42 Å². The zero-order valence-corrected chi connectivity index (χ0v) is 12.7. The molecule has 1 aromatic rings. The van der Waals surface area contributed by atoms with Crippen molar-refractivity contribution < 1.29 is 8.42 Å². The van der Waals surface area contributed by atoms with E-state index in [-0.39, 0.29) is 29.6 Å².